The molecule has 2 aliphatic rings. The number of nitrogens with one attached hydrogen (secondary N) is 1. The van der Waals surface area contributed by atoms with Gasteiger partial charge in [-0.05, 0) is 43.4 Å². The van der Waals surface area contributed by atoms with Gasteiger partial charge in [-0.25, -0.2) is 4.39 Å². The summed E-state index contributed by atoms with van der Waals surface area (Å²) in [5.41, 5.74) is 6.80. The van der Waals surface area contributed by atoms with Crippen LogP contribution >= 0.6 is 0 Å². The van der Waals surface area contributed by atoms with Gasteiger partial charge in [-0.3, -0.25) is 9.59 Å². The first kappa shape index (κ1) is 21.2. The third kappa shape index (κ3) is 4.74. The van der Waals surface area contributed by atoms with E-state index in [2.05, 4.69) is 11.4 Å². The number of hydrogen-bond donors (Lipinski definition) is 2. The lowest BCUT2D eigenvalue weighted by molar-refractivity contribution is -0.133. The quantitative estimate of drug-likeness (QED) is 0.713. The first-order chi connectivity index (χ1) is 13.9. The Morgan fingerprint density at radius 2 is 2.28 bits per heavy atom. The van der Waals surface area contributed by atoms with Gasteiger partial charge in [-0.15, -0.1) is 0 Å². The van der Waals surface area contributed by atoms with Crippen LogP contribution in [-0.2, 0) is 16.1 Å². The van der Waals surface area contributed by atoms with E-state index in [9.17, 15) is 14.0 Å². The molecule has 3 rings (SSSR count). The van der Waals surface area contributed by atoms with Crippen molar-refractivity contribution in [3.8, 4) is 6.07 Å². The highest BCUT2D eigenvalue weighted by atomic mass is 19.1. The number of amides is 2. The Labute approximate surface area is 170 Å². The summed E-state index contributed by atoms with van der Waals surface area (Å²) in [7, 11) is 0. The molecule has 2 heterocycles. The van der Waals surface area contributed by atoms with E-state index in [0.29, 0.717) is 25.9 Å². The van der Waals surface area contributed by atoms with E-state index in [4.69, 9.17) is 11.0 Å². The van der Waals surface area contributed by atoms with Crippen molar-refractivity contribution in [2.75, 3.05) is 13.1 Å². The molecular weight excluding hydrogens is 373 g/mol. The predicted molar refractivity (Wildman–Crippen MR) is 106 cm³/mol. The second-order valence-electron chi connectivity index (χ2n) is 7.78. The van der Waals surface area contributed by atoms with Crippen LogP contribution in [-0.4, -0.2) is 58.9 Å². The van der Waals surface area contributed by atoms with E-state index in [1.807, 2.05) is 6.92 Å². The van der Waals surface area contributed by atoms with Gasteiger partial charge in [0.1, 0.15) is 11.9 Å². The Hall–Kier alpha value is -2.50. The summed E-state index contributed by atoms with van der Waals surface area (Å²) in [5, 5.41) is 12.3. The number of benzene rings is 1. The zero-order chi connectivity index (χ0) is 21.0. The molecule has 2 fully saturated rings. The third-order valence-electron chi connectivity index (χ3n) is 5.83. The van der Waals surface area contributed by atoms with Gasteiger partial charge < -0.3 is 20.9 Å². The summed E-state index contributed by atoms with van der Waals surface area (Å²) in [6.07, 6.45) is 2.90. The Kier molecular flexibility index (Phi) is 6.83. The van der Waals surface area contributed by atoms with Gasteiger partial charge in [0.15, 0.2) is 0 Å². The fourth-order valence-corrected chi connectivity index (χ4v) is 4.21. The van der Waals surface area contributed by atoms with Crippen LogP contribution in [0.25, 0.3) is 0 Å². The molecule has 29 heavy (non-hydrogen) atoms. The molecule has 4 atom stereocenters. The highest BCUT2D eigenvalue weighted by Crippen LogP contribution is 2.24. The van der Waals surface area contributed by atoms with E-state index >= 15 is 0 Å². The number of carbonyl (C=O) groups excluding carboxylic acids is 2. The maximum absolute atomic E-state index is 13.5. The highest BCUT2D eigenvalue weighted by Gasteiger charge is 2.39. The molecule has 1 aromatic carbocycles. The van der Waals surface area contributed by atoms with Gasteiger partial charge in [-0.1, -0.05) is 19.1 Å². The zero-order valence-corrected chi connectivity index (χ0v) is 16.7. The van der Waals surface area contributed by atoms with Crippen molar-refractivity contribution in [2.45, 2.75) is 63.3 Å². The van der Waals surface area contributed by atoms with Crippen LogP contribution in [0.15, 0.2) is 24.3 Å². The van der Waals surface area contributed by atoms with Gasteiger partial charge >= 0.3 is 0 Å². The van der Waals surface area contributed by atoms with Gasteiger partial charge in [0.25, 0.3) is 0 Å². The molecule has 156 valence electrons. The monoisotopic (exact) mass is 401 g/mol. The number of halogens is 1. The number of likely N-dealkylation sites (tertiary alicyclic amines) is 2. The lowest BCUT2D eigenvalue weighted by Gasteiger charge is -2.24. The molecule has 0 bridgehead atoms. The number of hydrogen-bond acceptors (Lipinski definition) is 5. The Bertz CT molecular complexity index is 796. The first-order valence-electron chi connectivity index (χ1n) is 10.2. The van der Waals surface area contributed by atoms with Crippen LogP contribution in [0.1, 0.15) is 38.2 Å². The standard InChI is InChI=1S/C21H28FN5O2/c1-2-16-10-19(21(29)27(16)13-14-5-3-6-15(22)9-14)25-12-18(24)20(28)26-8-4-7-17(26)11-23/h3,5-6,9,16-19,25H,2,4,7-8,10,12-13,24H2,1H3/t16-,17?,18?,19+/m1/s1. The number of nitrogens with zero attached hydrogens (tertiary/aromatic N) is 3. The summed E-state index contributed by atoms with van der Waals surface area (Å²) in [6.45, 7) is 3.10. The van der Waals surface area contributed by atoms with E-state index < -0.39 is 18.1 Å². The maximum Gasteiger partial charge on any atom is 0.241 e. The molecule has 2 unspecified atom stereocenters. The molecule has 7 nitrogen and oxygen atoms in total. The van der Waals surface area contributed by atoms with E-state index in [1.165, 1.54) is 17.0 Å². The first-order valence-corrected chi connectivity index (χ1v) is 10.2. The van der Waals surface area contributed by atoms with Crippen LogP contribution in [0.3, 0.4) is 0 Å². The van der Waals surface area contributed by atoms with Gasteiger partial charge in [0, 0.05) is 25.7 Å². The number of nitriles is 1. The van der Waals surface area contributed by atoms with Crippen molar-refractivity contribution in [3.05, 3.63) is 35.6 Å². The molecule has 0 spiro atoms. The summed E-state index contributed by atoms with van der Waals surface area (Å²) in [4.78, 5) is 28.7. The number of carbonyl (C=O) groups is 2. The van der Waals surface area contributed by atoms with Crippen molar-refractivity contribution >= 4 is 11.8 Å². The molecule has 2 saturated heterocycles. The fourth-order valence-electron chi connectivity index (χ4n) is 4.21. The van der Waals surface area contributed by atoms with Gasteiger partial charge in [-0.2, -0.15) is 5.26 Å². The SMILES string of the molecule is CC[C@@H]1C[C@H](NCC(N)C(=O)N2CCCC2C#N)C(=O)N1Cc1cccc(F)c1. The average Bonchev–Trinajstić information content (AvgIpc) is 3.31. The molecule has 3 N–H and O–H groups in total. The Morgan fingerprint density at radius 1 is 1.48 bits per heavy atom. The number of rotatable bonds is 7. The molecule has 1 aromatic rings. The van der Waals surface area contributed by atoms with Gasteiger partial charge in [0.2, 0.25) is 11.8 Å². The molecule has 8 heteroatoms. The van der Waals surface area contributed by atoms with Crippen LogP contribution < -0.4 is 11.1 Å². The molecular formula is C21H28FN5O2. The molecule has 2 amide bonds. The largest absolute Gasteiger partial charge is 0.334 e. The van der Waals surface area contributed by atoms with E-state index in [1.54, 1.807) is 17.0 Å². The minimum atomic E-state index is -0.797. The minimum absolute atomic E-state index is 0.0525. The summed E-state index contributed by atoms with van der Waals surface area (Å²) >= 11 is 0. The van der Waals surface area contributed by atoms with E-state index in [-0.39, 0.29) is 30.2 Å². The predicted octanol–water partition coefficient (Wildman–Crippen LogP) is 1.14. The van der Waals surface area contributed by atoms with Crippen molar-refractivity contribution in [2.24, 2.45) is 5.73 Å². The smallest absolute Gasteiger partial charge is 0.241 e. The van der Waals surface area contributed by atoms with Crippen LogP contribution in [0, 0.1) is 17.1 Å². The molecule has 0 aromatic heterocycles. The lowest BCUT2D eigenvalue weighted by Crippen LogP contribution is -2.52. The van der Waals surface area contributed by atoms with Crippen LogP contribution in [0.2, 0.25) is 0 Å². The Morgan fingerprint density at radius 3 is 2.97 bits per heavy atom. The van der Waals surface area contributed by atoms with Gasteiger partial charge in [0.05, 0.1) is 18.2 Å². The summed E-state index contributed by atoms with van der Waals surface area (Å²) in [5.74, 6) is -0.633. The molecule has 0 saturated carbocycles. The van der Waals surface area contributed by atoms with Crippen molar-refractivity contribution in [1.29, 1.82) is 5.26 Å². The number of nitrogens with two attached hydrogens (primary N) is 1. The second kappa shape index (κ2) is 9.33. The summed E-state index contributed by atoms with van der Waals surface area (Å²) in [6, 6.07) is 6.84. The van der Waals surface area contributed by atoms with Crippen molar-refractivity contribution in [3.63, 3.8) is 0 Å². The van der Waals surface area contributed by atoms with Crippen molar-refractivity contribution < 1.29 is 14.0 Å². The lowest BCUT2D eigenvalue weighted by atomic mass is 10.1. The van der Waals surface area contributed by atoms with Crippen LogP contribution in [0.4, 0.5) is 4.39 Å². The van der Waals surface area contributed by atoms with E-state index in [0.717, 1.165) is 18.4 Å². The molecule has 0 radical (unpaired) electrons. The Balaban J connectivity index is 1.58. The second-order valence-corrected chi connectivity index (χ2v) is 7.78. The third-order valence-corrected chi connectivity index (χ3v) is 5.83. The minimum Gasteiger partial charge on any atom is -0.334 e. The van der Waals surface area contributed by atoms with Crippen molar-refractivity contribution in [1.82, 2.24) is 15.1 Å². The maximum atomic E-state index is 13.5. The van der Waals surface area contributed by atoms with Crippen LogP contribution in [0.5, 0.6) is 0 Å². The topological polar surface area (TPSA) is 102 Å². The molecule has 2 aliphatic heterocycles. The average molecular weight is 401 g/mol. The summed E-state index contributed by atoms with van der Waals surface area (Å²) < 4.78 is 13.5. The fraction of sp³-hybridized carbons (Fsp3) is 0.571. The molecule has 0 aliphatic carbocycles. The zero-order valence-electron chi connectivity index (χ0n) is 16.7. The highest BCUT2D eigenvalue weighted by molar-refractivity contribution is 5.85. The normalized spacial score (nSPS) is 25.3.